The van der Waals surface area contributed by atoms with Crippen molar-refractivity contribution in [2.24, 2.45) is 0 Å². The molecule has 0 bridgehead atoms. The Bertz CT molecular complexity index is 1300. The van der Waals surface area contributed by atoms with Gasteiger partial charge in [0, 0.05) is 0 Å². The molecule has 0 spiro atoms. The van der Waals surface area contributed by atoms with Crippen molar-refractivity contribution in [3.05, 3.63) is 108 Å². The summed E-state index contributed by atoms with van der Waals surface area (Å²) in [5.74, 6) is -3.12. The number of halogens is 4. The van der Waals surface area contributed by atoms with Crippen LogP contribution in [0.4, 0.5) is 17.6 Å². The van der Waals surface area contributed by atoms with Crippen LogP contribution in [0.25, 0.3) is 22.3 Å². The molecule has 0 aliphatic rings. The molecule has 6 heteroatoms. The third kappa shape index (κ3) is 6.06. The van der Waals surface area contributed by atoms with Crippen LogP contribution < -0.4 is 9.47 Å². The lowest BCUT2D eigenvalue weighted by Gasteiger charge is -2.19. The Hall–Kier alpha value is -3.80. The number of hydrogen-bond donors (Lipinski definition) is 0. The predicted octanol–water partition coefficient (Wildman–Crippen LogP) is 8.61. The highest BCUT2D eigenvalue weighted by molar-refractivity contribution is 5.70. The number of hydrogen-bond acceptors (Lipinski definition) is 2. The molecule has 36 heavy (non-hydrogen) atoms. The number of ether oxygens (including phenoxy) is 2. The highest BCUT2D eigenvalue weighted by atomic mass is 19.3. The van der Waals surface area contributed by atoms with E-state index in [9.17, 15) is 17.6 Å². The monoisotopic (exact) mass is 494 g/mol. The minimum atomic E-state index is -3.75. The quantitative estimate of drug-likeness (QED) is 0.217. The lowest BCUT2D eigenvalue weighted by atomic mass is 9.99. The van der Waals surface area contributed by atoms with E-state index in [-0.39, 0.29) is 11.3 Å². The van der Waals surface area contributed by atoms with Crippen LogP contribution in [-0.2, 0) is 6.42 Å². The van der Waals surface area contributed by atoms with Crippen LogP contribution in [0, 0.1) is 18.6 Å². The number of benzene rings is 4. The van der Waals surface area contributed by atoms with E-state index in [0.717, 1.165) is 41.2 Å². The molecule has 4 aromatic carbocycles. The summed E-state index contributed by atoms with van der Waals surface area (Å²) in [5, 5.41) is 0. The van der Waals surface area contributed by atoms with Crippen LogP contribution in [0.15, 0.2) is 84.9 Å². The molecule has 0 N–H and O–H groups in total. The van der Waals surface area contributed by atoms with Crippen LogP contribution in [-0.4, -0.2) is 12.7 Å². The van der Waals surface area contributed by atoms with Crippen molar-refractivity contribution >= 4 is 0 Å². The molecule has 0 aliphatic carbocycles. The average molecular weight is 495 g/mol. The van der Waals surface area contributed by atoms with Gasteiger partial charge in [0.05, 0.1) is 0 Å². The summed E-state index contributed by atoms with van der Waals surface area (Å²) in [7, 11) is 0. The second kappa shape index (κ2) is 10.9. The largest absolute Gasteiger partial charge is 0.480 e. The topological polar surface area (TPSA) is 18.5 Å². The molecule has 0 heterocycles. The standard InChI is InChI=1S/C30H26F4O2/c1-3-4-21-6-8-22(9-7-21)23-10-12-24(13-11-23)25-14-16-26(17-15-25)36-30(33,34)19-35-27-18-5-20(2)28(31)29(27)32/h5-18H,3-4,19H2,1-2H3. The molecule has 2 nitrogen and oxygen atoms in total. The highest BCUT2D eigenvalue weighted by Gasteiger charge is 2.33. The lowest BCUT2D eigenvalue weighted by molar-refractivity contribution is -0.195. The van der Waals surface area contributed by atoms with E-state index in [1.54, 1.807) is 12.1 Å². The van der Waals surface area contributed by atoms with Crippen LogP contribution in [0.1, 0.15) is 24.5 Å². The molecule has 0 fully saturated rings. The Morgan fingerprint density at radius 2 is 1.17 bits per heavy atom. The van der Waals surface area contributed by atoms with Gasteiger partial charge in [-0.15, -0.1) is 0 Å². The number of rotatable bonds is 9. The van der Waals surface area contributed by atoms with Crippen molar-refractivity contribution in [2.75, 3.05) is 6.61 Å². The molecule has 186 valence electrons. The van der Waals surface area contributed by atoms with Crippen molar-refractivity contribution in [2.45, 2.75) is 32.8 Å². The zero-order chi connectivity index (χ0) is 25.7. The van der Waals surface area contributed by atoms with E-state index in [2.05, 4.69) is 31.2 Å². The summed E-state index contributed by atoms with van der Waals surface area (Å²) in [6.07, 6.45) is -1.58. The van der Waals surface area contributed by atoms with Gasteiger partial charge in [0.1, 0.15) is 5.75 Å². The Labute approximate surface area is 208 Å². The van der Waals surface area contributed by atoms with Gasteiger partial charge in [0.25, 0.3) is 0 Å². The number of aryl methyl sites for hydroxylation is 2. The summed E-state index contributed by atoms with van der Waals surface area (Å²) in [4.78, 5) is 0. The third-order valence-corrected chi connectivity index (χ3v) is 5.80. The van der Waals surface area contributed by atoms with Crippen LogP contribution >= 0.6 is 0 Å². The SMILES string of the molecule is CCCc1ccc(-c2ccc(-c3ccc(OC(F)(F)COc4ccc(C)c(F)c4F)cc3)cc2)cc1. The molecule has 4 rings (SSSR count). The van der Waals surface area contributed by atoms with Gasteiger partial charge in [0.15, 0.2) is 18.2 Å². The van der Waals surface area contributed by atoms with Gasteiger partial charge in [-0.1, -0.05) is 80.1 Å². The van der Waals surface area contributed by atoms with E-state index >= 15 is 0 Å². The van der Waals surface area contributed by atoms with Gasteiger partial charge < -0.3 is 9.47 Å². The lowest BCUT2D eigenvalue weighted by Crippen LogP contribution is -2.32. The van der Waals surface area contributed by atoms with Crippen molar-refractivity contribution in [3.63, 3.8) is 0 Å². The minimum Gasteiger partial charge on any atom is -0.480 e. The maximum absolute atomic E-state index is 14.2. The Balaban J connectivity index is 1.38. The molecular weight excluding hydrogens is 468 g/mol. The smallest absolute Gasteiger partial charge is 0.432 e. The van der Waals surface area contributed by atoms with Crippen molar-refractivity contribution in [1.82, 2.24) is 0 Å². The van der Waals surface area contributed by atoms with Crippen molar-refractivity contribution in [1.29, 1.82) is 0 Å². The maximum Gasteiger partial charge on any atom is 0.432 e. The second-order valence-electron chi connectivity index (χ2n) is 8.59. The first-order valence-electron chi connectivity index (χ1n) is 11.7. The Morgan fingerprint density at radius 3 is 1.69 bits per heavy atom. The average Bonchev–Trinajstić information content (AvgIpc) is 2.88. The maximum atomic E-state index is 14.2. The molecule has 0 saturated carbocycles. The van der Waals surface area contributed by atoms with Crippen LogP contribution in [0.3, 0.4) is 0 Å². The molecule has 0 aliphatic heterocycles. The van der Waals surface area contributed by atoms with E-state index < -0.39 is 30.1 Å². The molecule has 0 amide bonds. The highest BCUT2D eigenvalue weighted by Crippen LogP contribution is 2.29. The van der Waals surface area contributed by atoms with Gasteiger partial charge >= 0.3 is 6.11 Å². The Kier molecular flexibility index (Phi) is 7.63. The van der Waals surface area contributed by atoms with Crippen LogP contribution in [0.5, 0.6) is 11.5 Å². The van der Waals surface area contributed by atoms with E-state index in [1.807, 2.05) is 24.3 Å². The second-order valence-corrected chi connectivity index (χ2v) is 8.59. The van der Waals surface area contributed by atoms with Gasteiger partial charge in [-0.3, -0.25) is 0 Å². The van der Waals surface area contributed by atoms with Gasteiger partial charge in [-0.25, -0.2) is 4.39 Å². The van der Waals surface area contributed by atoms with Gasteiger partial charge in [-0.2, -0.15) is 13.2 Å². The summed E-state index contributed by atoms with van der Waals surface area (Å²) in [6, 6.07) is 25.1. The molecule has 0 saturated heterocycles. The van der Waals surface area contributed by atoms with E-state index in [0.29, 0.717) is 0 Å². The first-order valence-corrected chi connectivity index (χ1v) is 11.7. The van der Waals surface area contributed by atoms with E-state index in [4.69, 9.17) is 9.47 Å². The van der Waals surface area contributed by atoms with Crippen molar-refractivity contribution < 1.29 is 27.0 Å². The van der Waals surface area contributed by atoms with Crippen LogP contribution in [0.2, 0.25) is 0 Å². The van der Waals surface area contributed by atoms with Gasteiger partial charge in [-0.05, 0) is 64.9 Å². The molecule has 0 aromatic heterocycles. The van der Waals surface area contributed by atoms with Gasteiger partial charge in [0.2, 0.25) is 5.82 Å². The summed E-state index contributed by atoms with van der Waals surface area (Å²) in [6.45, 7) is 2.25. The first-order chi connectivity index (χ1) is 17.3. The Morgan fingerprint density at radius 1 is 0.667 bits per heavy atom. The zero-order valence-corrected chi connectivity index (χ0v) is 20.0. The molecule has 0 atom stereocenters. The normalized spacial score (nSPS) is 11.4. The molecule has 0 unspecified atom stereocenters. The molecular formula is C30H26F4O2. The minimum absolute atomic E-state index is 0.0543. The fraction of sp³-hybridized carbons (Fsp3) is 0.200. The summed E-state index contributed by atoms with van der Waals surface area (Å²) >= 11 is 0. The molecule has 0 radical (unpaired) electrons. The summed E-state index contributed by atoms with van der Waals surface area (Å²) in [5.41, 5.74) is 5.35. The third-order valence-electron chi connectivity index (χ3n) is 5.80. The molecule has 4 aromatic rings. The zero-order valence-electron chi connectivity index (χ0n) is 20.0. The fourth-order valence-corrected chi connectivity index (χ4v) is 3.83. The van der Waals surface area contributed by atoms with Crippen molar-refractivity contribution in [3.8, 4) is 33.8 Å². The fourth-order valence-electron chi connectivity index (χ4n) is 3.83. The predicted molar refractivity (Wildman–Crippen MR) is 133 cm³/mol. The summed E-state index contributed by atoms with van der Waals surface area (Å²) < 4.78 is 65.5. The first kappa shape index (κ1) is 25.3. The number of alkyl halides is 2. The van der Waals surface area contributed by atoms with E-state index in [1.165, 1.54) is 30.7 Å².